The van der Waals surface area contributed by atoms with Crippen LogP contribution in [0, 0.1) is 0 Å². The van der Waals surface area contributed by atoms with Crippen LogP contribution in [-0.2, 0) is 4.79 Å². The smallest absolute Gasteiger partial charge is 0.253 e. The molecule has 1 unspecified atom stereocenters. The molecule has 3 rings (SSSR count). The van der Waals surface area contributed by atoms with E-state index in [4.69, 9.17) is 39.5 Å². The third kappa shape index (κ3) is 6.26. The van der Waals surface area contributed by atoms with Crippen LogP contribution in [0.2, 0.25) is 15.1 Å². The molecule has 1 fully saturated rings. The third-order valence-electron chi connectivity index (χ3n) is 5.10. The molecule has 2 aromatic rings. The highest BCUT2D eigenvalue weighted by Crippen LogP contribution is 2.25. The van der Waals surface area contributed by atoms with Crippen molar-refractivity contribution in [3.05, 3.63) is 63.1 Å². The van der Waals surface area contributed by atoms with Crippen LogP contribution in [0.3, 0.4) is 0 Å². The first-order valence-corrected chi connectivity index (χ1v) is 11.1. The predicted molar refractivity (Wildman–Crippen MR) is 123 cm³/mol. The molecule has 0 saturated carbocycles. The van der Waals surface area contributed by atoms with Gasteiger partial charge >= 0.3 is 0 Å². The highest BCUT2D eigenvalue weighted by Gasteiger charge is 2.26. The maximum atomic E-state index is 12.8. The molecule has 0 aliphatic carbocycles. The zero-order valence-electron chi connectivity index (χ0n) is 17.1. The van der Waals surface area contributed by atoms with Gasteiger partial charge < -0.3 is 15.0 Å². The summed E-state index contributed by atoms with van der Waals surface area (Å²) >= 11 is 18.2. The number of benzene rings is 2. The van der Waals surface area contributed by atoms with Gasteiger partial charge in [-0.15, -0.1) is 0 Å². The number of hydrogen-bond acceptors (Lipinski definition) is 4. The first kappa shape index (κ1) is 23.7. The molecule has 1 N–H and O–H groups in total. The fraction of sp³-hybridized carbons (Fsp3) is 0.364. The molecule has 6 nitrogen and oxygen atoms in total. The standard InChI is InChI=1S/C22H24Cl3N3O3/c1-15(26-21(29)16-5-4-7-18(24)20(16)25)22(30)28-11-9-27(10-12-28)13-14-31-19-8-3-2-6-17(19)23/h2-8,15H,9-14H2,1H3,(H,26,29). The summed E-state index contributed by atoms with van der Waals surface area (Å²) in [5.74, 6) is 0.115. The SMILES string of the molecule is CC(NC(=O)c1cccc(Cl)c1Cl)C(=O)N1CCN(CCOc2ccccc2Cl)CC1. The van der Waals surface area contributed by atoms with Crippen molar-refractivity contribution in [3.63, 3.8) is 0 Å². The minimum Gasteiger partial charge on any atom is -0.491 e. The summed E-state index contributed by atoms with van der Waals surface area (Å²) in [6.07, 6.45) is 0. The van der Waals surface area contributed by atoms with Gasteiger partial charge in [-0.2, -0.15) is 0 Å². The summed E-state index contributed by atoms with van der Waals surface area (Å²) < 4.78 is 5.73. The molecular weight excluding hydrogens is 461 g/mol. The monoisotopic (exact) mass is 483 g/mol. The maximum absolute atomic E-state index is 12.8. The fourth-order valence-corrected chi connectivity index (χ4v) is 3.90. The van der Waals surface area contributed by atoms with Crippen LogP contribution in [-0.4, -0.2) is 67.0 Å². The van der Waals surface area contributed by atoms with E-state index in [0.29, 0.717) is 35.5 Å². The van der Waals surface area contributed by atoms with Gasteiger partial charge in [-0.3, -0.25) is 14.5 Å². The van der Waals surface area contributed by atoms with Gasteiger partial charge in [-0.25, -0.2) is 0 Å². The van der Waals surface area contributed by atoms with Gasteiger partial charge in [-0.05, 0) is 31.2 Å². The number of nitrogens with zero attached hydrogens (tertiary/aromatic N) is 2. The van der Waals surface area contributed by atoms with Crippen LogP contribution in [0.5, 0.6) is 5.75 Å². The van der Waals surface area contributed by atoms with Gasteiger partial charge in [0.1, 0.15) is 18.4 Å². The topological polar surface area (TPSA) is 61.9 Å². The second-order valence-corrected chi connectivity index (χ2v) is 8.43. The van der Waals surface area contributed by atoms with Crippen molar-refractivity contribution in [2.75, 3.05) is 39.3 Å². The lowest BCUT2D eigenvalue weighted by Crippen LogP contribution is -2.54. The summed E-state index contributed by atoms with van der Waals surface area (Å²) in [6, 6.07) is 11.5. The summed E-state index contributed by atoms with van der Waals surface area (Å²) in [7, 11) is 0. The first-order valence-electron chi connectivity index (χ1n) is 10.00. The van der Waals surface area contributed by atoms with E-state index in [-0.39, 0.29) is 16.5 Å². The van der Waals surface area contributed by atoms with Gasteiger partial charge in [0, 0.05) is 32.7 Å². The zero-order valence-corrected chi connectivity index (χ0v) is 19.4. The zero-order chi connectivity index (χ0) is 22.4. The molecule has 9 heteroatoms. The molecule has 0 radical (unpaired) electrons. The Morgan fingerprint density at radius 2 is 1.68 bits per heavy atom. The molecule has 2 amide bonds. The average Bonchev–Trinajstić information content (AvgIpc) is 2.77. The quantitative estimate of drug-likeness (QED) is 0.645. The largest absolute Gasteiger partial charge is 0.491 e. The van der Waals surface area contributed by atoms with E-state index in [0.717, 1.165) is 19.6 Å². The van der Waals surface area contributed by atoms with Gasteiger partial charge in [0.05, 0.1) is 20.6 Å². The van der Waals surface area contributed by atoms with Crippen LogP contribution in [0.4, 0.5) is 0 Å². The minimum atomic E-state index is -0.669. The highest BCUT2D eigenvalue weighted by atomic mass is 35.5. The minimum absolute atomic E-state index is 0.126. The van der Waals surface area contributed by atoms with Gasteiger partial charge in [0.2, 0.25) is 5.91 Å². The van der Waals surface area contributed by atoms with E-state index in [1.807, 2.05) is 18.2 Å². The normalized spacial score (nSPS) is 15.4. The molecule has 2 aromatic carbocycles. The molecule has 166 valence electrons. The summed E-state index contributed by atoms with van der Waals surface area (Å²) in [5.41, 5.74) is 0.247. The van der Waals surface area contributed by atoms with Crippen molar-refractivity contribution in [1.29, 1.82) is 0 Å². The Bertz CT molecular complexity index is 933. The molecule has 1 aliphatic heterocycles. The molecule has 0 aromatic heterocycles. The number of nitrogens with one attached hydrogen (secondary N) is 1. The van der Waals surface area contributed by atoms with Crippen molar-refractivity contribution < 1.29 is 14.3 Å². The van der Waals surface area contributed by atoms with Crippen molar-refractivity contribution in [2.45, 2.75) is 13.0 Å². The first-order chi connectivity index (χ1) is 14.9. The number of carbonyl (C=O) groups is 2. The van der Waals surface area contributed by atoms with E-state index in [1.165, 1.54) is 0 Å². The number of halogens is 3. The van der Waals surface area contributed by atoms with E-state index in [9.17, 15) is 9.59 Å². The second-order valence-electron chi connectivity index (χ2n) is 7.24. The lowest BCUT2D eigenvalue weighted by atomic mass is 10.2. The predicted octanol–water partition coefficient (Wildman–Crippen LogP) is 3.99. The number of para-hydroxylation sites is 1. The molecule has 1 saturated heterocycles. The molecule has 0 spiro atoms. The Labute approximate surface area is 197 Å². The summed E-state index contributed by atoms with van der Waals surface area (Å²) in [6.45, 7) is 5.57. The molecule has 0 bridgehead atoms. The number of amides is 2. The lowest BCUT2D eigenvalue weighted by molar-refractivity contribution is -0.134. The fourth-order valence-electron chi connectivity index (χ4n) is 3.33. The lowest BCUT2D eigenvalue weighted by Gasteiger charge is -2.36. The summed E-state index contributed by atoms with van der Waals surface area (Å²) in [4.78, 5) is 29.2. The Hall–Kier alpha value is -1.99. The summed E-state index contributed by atoms with van der Waals surface area (Å²) in [5, 5.41) is 3.77. The third-order valence-corrected chi connectivity index (χ3v) is 6.23. The number of hydrogen-bond donors (Lipinski definition) is 1. The average molecular weight is 485 g/mol. The molecule has 1 aliphatic rings. The Morgan fingerprint density at radius 3 is 2.39 bits per heavy atom. The maximum Gasteiger partial charge on any atom is 0.253 e. The number of ether oxygens (including phenoxy) is 1. The van der Waals surface area contributed by atoms with Crippen LogP contribution in [0.1, 0.15) is 17.3 Å². The molecule has 31 heavy (non-hydrogen) atoms. The van der Waals surface area contributed by atoms with Gasteiger partial charge in [-0.1, -0.05) is 53.0 Å². The highest BCUT2D eigenvalue weighted by molar-refractivity contribution is 6.43. The van der Waals surface area contributed by atoms with E-state index in [2.05, 4.69) is 10.2 Å². The number of rotatable bonds is 7. The van der Waals surface area contributed by atoms with Crippen molar-refractivity contribution in [3.8, 4) is 5.75 Å². The number of carbonyl (C=O) groups excluding carboxylic acids is 2. The van der Waals surface area contributed by atoms with Crippen LogP contribution in [0.25, 0.3) is 0 Å². The van der Waals surface area contributed by atoms with Crippen molar-refractivity contribution >= 4 is 46.6 Å². The molecule has 1 atom stereocenters. The van der Waals surface area contributed by atoms with Crippen LogP contribution < -0.4 is 10.1 Å². The van der Waals surface area contributed by atoms with Gasteiger partial charge in [0.15, 0.2) is 0 Å². The van der Waals surface area contributed by atoms with Gasteiger partial charge in [0.25, 0.3) is 5.91 Å². The Balaban J connectivity index is 1.43. The van der Waals surface area contributed by atoms with Crippen molar-refractivity contribution in [1.82, 2.24) is 15.1 Å². The Kier molecular flexibility index (Phi) is 8.43. The van der Waals surface area contributed by atoms with E-state index < -0.39 is 11.9 Å². The van der Waals surface area contributed by atoms with Crippen LogP contribution in [0.15, 0.2) is 42.5 Å². The van der Waals surface area contributed by atoms with Crippen LogP contribution >= 0.6 is 34.8 Å². The molecule has 1 heterocycles. The second kappa shape index (κ2) is 11.0. The van der Waals surface area contributed by atoms with E-state index >= 15 is 0 Å². The molecular formula is C22H24Cl3N3O3. The van der Waals surface area contributed by atoms with Crippen molar-refractivity contribution in [2.24, 2.45) is 0 Å². The number of piperazine rings is 1. The van der Waals surface area contributed by atoms with E-state index in [1.54, 1.807) is 36.1 Å². The Morgan fingerprint density at radius 1 is 1.00 bits per heavy atom.